The van der Waals surface area contributed by atoms with Crippen molar-refractivity contribution in [3.63, 3.8) is 0 Å². The maximum absolute atomic E-state index is 13.2. The van der Waals surface area contributed by atoms with Crippen molar-refractivity contribution >= 4 is 68.2 Å². The Morgan fingerprint density at radius 1 is 1.29 bits per heavy atom. The van der Waals surface area contributed by atoms with Crippen LogP contribution in [0.25, 0.3) is 16.7 Å². The highest BCUT2D eigenvalue weighted by molar-refractivity contribution is 14.1. The molecule has 12 heteroatoms. The summed E-state index contributed by atoms with van der Waals surface area (Å²) in [5.74, 6) is 0.802. The molecule has 4 aromatic rings. The van der Waals surface area contributed by atoms with Crippen molar-refractivity contribution in [1.82, 2.24) is 34.5 Å². The minimum Gasteiger partial charge on any atom is -0.598 e. The zero-order valence-corrected chi connectivity index (χ0v) is 23.4. The standard InChI is InChI=1S/C23H26ClIN8OS/c1-22(2,3)35(34)31-17-15-10-14(24)5-4-13(15)11-23(17)6-8-32(9-7-23)21-27-19-16(18(25)28-29-19)20-30-26-12-33(20)21/h4-5,10,12,17,31H,6-9,11H2,1-3H3,(H,28,29)/t17-,35?/m1/s1. The average molecular weight is 625 g/mol. The van der Waals surface area contributed by atoms with Gasteiger partial charge in [-0.1, -0.05) is 17.7 Å². The van der Waals surface area contributed by atoms with Crippen LogP contribution in [0.5, 0.6) is 0 Å². The van der Waals surface area contributed by atoms with Gasteiger partial charge in [0.05, 0.1) is 11.4 Å². The molecule has 3 aromatic heterocycles. The Labute approximate surface area is 224 Å². The molecule has 6 rings (SSSR count). The Kier molecular flexibility index (Phi) is 5.72. The topological polar surface area (TPSA) is 110 Å². The average Bonchev–Trinajstić information content (AvgIpc) is 3.50. The van der Waals surface area contributed by atoms with Gasteiger partial charge in [0.15, 0.2) is 11.3 Å². The van der Waals surface area contributed by atoms with E-state index in [1.165, 1.54) is 11.1 Å². The van der Waals surface area contributed by atoms with Gasteiger partial charge in [-0.25, -0.2) is 0 Å². The summed E-state index contributed by atoms with van der Waals surface area (Å²) in [4.78, 5) is 7.15. The van der Waals surface area contributed by atoms with Gasteiger partial charge in [-0.3, -0.25) is 9.50 Å². The second-order valence-corrected chi connectivity index (χ2v) is 14.0. The van der Waals surface area contributed by atoms with Crippen LogP contribution in [0.1, 0.15) is 50.8 Å². The first-order chi connectivity index (χ1) is 16.7. The van der Waals surface area contributed by atoms with Gasteiger partial charge in [0.2, 0.25) is 5.95 Å². The van der Waals surface area contributed by atoms with E-state index in [-0.39, 0.29) is 16.2 Å². The molecule has 1 aromatic carbocycles. The molecule has 1 aliphatic carbocycles. The van der Waals surface area contributed by atoms with Gasteiger partial charge in [-0.15, -0.1) is 14.9 Å². The van der Waals surface area contributed by atoms with Crippen LogP contribution in [0.15, 0.2) is 24.5 Å². The summed E-state index contributed by atoms with van der Waals surface area (Å²) in [7, 11) is 0. The fraction of sp³-hybridized carbons (Fsp3) is 0.478. The van der Waals surface area contributed by atoms with E-state index in [9.17, 15) is 4.55 Å². The van der Waals surface area contributed by atoms with Crippen LogP contribution in [0, 0.1) is 9.12 Å². The largest absolute Gasteiger partial charge is 0.598 e. The summed E-state index contributed by atoms with van der Waals surface area (Å²) in [5.41, 5.74) is 3.83. The fourth-order valence-corrected chi connectivity index (χ4v) is 7.14. The molecule has 35 heavy (non-hydrogen) atoms. The fourth-order valence-electron chi connectivity index (χ4n) is 5.41. The summed E-state index contributed by atoms with van der Waals surface area (Å²) in [6.07, 6.45) is 4.52. The lowest BCUT2D eigenvalue weighted by Gasteiger charge is -2.44. The van der Waals surface area contributed by atoms with Crippen LogP contribution >= 0.6 is 34.2 Å². The molecule has 0 saturated carbocycles. The second kappa shape index (κ2) is 8.44. The van der Waals surface area contributed by atoms with Crippen molar-refractivity contribution in [2.45, 2.75) is 50.8 Å². The van der Waals surface area contributed by atoms with E-state index in [0.29, 0.717) is 10.7 Å². The maximum Gasteiger partial charge on any atom is 0.214 e. The highest BCUT2D eigenvalue weighted by atomic mass is 127. The molecule has 1 spiro atoms. The third-order valence-corrected chi connectivity index (χ3v) is 9.87. The Morgan fingerprint density at radius 2 is 2.06 bits per heavy atom. The van der Waals surface area contributed by atoms with Gasteiger partial charge in [-0.2, -0.15) is 10.1 Å². The van der Waals surface area contributed by atoms with E-state index in [1.807, 2.05) is 37.3 Å². The molecule has 1 fully saturated rings. The quantitative estimate of drug-likeness (QED) is 0.260. The number of fused-ring (bicyclic) bond motifs is 4. The predicted octanol–water partition coefficient (Wildman–Crippen LogP) is 4.19. The molecule has 1 unspecified atom stereocenters. The summed E-state index contributed by atoms with van der Waals surface area (Å²) in [6, 6.07) is 6.12. The molecular formula is C23H26ClIN8OS. The number of piperidine rings is 1. The molecule has 184 valence electrons. The summed E-state index contributed by atoms with van der Waals surface area (Å²) in [5, 5.41) is 17.5. The van der Waals surface area contributed by atoms with Crippen LogP contribution in [0.3, 0.4) is 0 Å². The zero-order chi connectivity index (χ0) is 24.5. The molecule has 0 amide bonds. The maximum atomic E-state index is 13.2. The monoisotopic (exact) mass is 624 g/mol. The molecule has 2 aliphatic rings. The Balaban J connectivity index is 1.33. The van der Waals surface area contributed by atoms with Crippen LogP contribution in [0.2, 0.25) is 5.02 Å². The number of nitrogens with zero attached hydrogens (tertiary/aromatic N) is 6. The lowest BCUT2D eigenvalue weighted by Crippen LogP contribution is -2.50. The number of hydrogen-bond acceptors (Lipinski definition) is 7. The van der Waals surface area contributed by atoms with E-state index < -0.39 is 11.4 Å². The number of rotatable bonds is 3. The molecule has 9 nitrogen and oxygen atoms in total. The minimum absolute atomic E-state index is 0.0169. The first kappa shape index (κ1) is 23.7. The third-order valence-electron chi connectivity index (χ3n) is 7.29. The van der Waals surface area contributed by atoms with Crippen molar-refractivity contribution in [2.75, 3.05) is 18.0 Å². The lowest BCUT2D eigenvalue weighted by molar-refractivity contribution is 0.175. The number of H-pyrrole nitrogens is 1. The molecule has 2 N–H and O–H groups in total. The molecule has 2 atom stereocenters. The number of aromatic amines is 1. The van der Waals surface area contributed by atoms with Crippen molar-refractivity contribution in [3.05, 3.63) is 44.4 Å². The van der Waals surface area contributed by atoms with Crippen molar-refractivity contribution in [2.24, 2.45) is 5.41 Å². The van der Waals surface area contributed by atoms with E-state index in [2.05, 4.69) is 58.7 Å². The van der Waals surface area contributed by atoms with Gasteiger partial charge >= 0.3 is 0 Å². The van der Waals surface area contributed by atoms with Gasteiger partial charge in [-0.05, 0) is 85.9 Å². The Hall–Kier alpha value is -1.67. The Morgan fingerprint density at radius 3 is 2.80 bits per heavy atom. The lowest BCUT2D eigenvalue weighted by atomic mass is 9.73. The summed E-state index contributed by atoms with van der Waals surface area (Å²) < 4.78 is 19.2. The molecule has 4 heterocycles. The van der Waals surface area contributed by atoms with Crippen molar-refractivity contribution in [1.29, 1.82) is 0 Å². The minimum atomic E-state index is -1.19. The SMILES string of the molecule is CC(C)(C)[S+]([O-])N[C@@H]1c2cc(Cl)ccc2CC12CCN(c1nc3n[nH]c(I)c3c3nncn13)CC2. The first-order valence-electron chi connectivity index (χ1n) is 11.6. The zero-order valence-electron chi connectivity index (χ0n) is 19.7. The number of anilines is 1. The molecule has 0 radical (unpaired) electrons. The van der Waals surface area contributed by atoms with Gasteiger partial charge in [0.25, 0.3) is 0 Å². The number of aromatic nitrogens is 6. The van der Waals surface area contributed by atoms with E-state index in [1.54, 1.807) is 6.33 Å². The number of hydrogen-bond donors (Lipinski definition) is 2. The van der Waals surface area contributed by atoms with E-state index in [0.717, 1.165) is 53.0 Å². The highest BCUT2D eigenvalue weighted by Crippen LogP contribution is 2.53. The molecular weight excluding hydrogens is 599 g/mol. The summed E-state index contributed by atoms with van der Waals surface area (Å²) in [6.45, 7) is 7.63. The van der Waals surface area contributed by atoms with E-state index in [4.69, 9.17) is 16.6 Å². The summed E-state index contributed by atoms with van der Waals surface area (Å²) >= 11 is 7.42. The molecule has 1 aliphatic heterocycles. The van der Waals surface area contributed by atoms with Gasteiger partial charge in [0.1, 0.15) is 14.8 Å². The van der Waals surface area contributed by atoms with Crippen molar-refractivity contribution in [3.8, 4) is 0 Å². The second-order valence-electron chi connectivity index (χ2n) is 10.5. The highest BCUT2D eigenvalue weighted by Gasteiger charge is 2.50. The molecule has 1 saturated heterocycles. The number of nitrogens with one attached hydrogen (secondary N) is 2. The number of benzene rings is 1. The van der Waals surface area contributed by atoms with E-state index >= 15 is 0 Å². The number of halogens is 2. The van der Waals surface area contributed by atoms with Crippen LogP contribution in [-0.4, -0.2) is 52.2 Å². The van der Waals surface area contributed by atoms with Crippen molar-refractivity contribution < 1.29 is 4.55 Å². The predicted molar refractivity (Wildman–Crippen MR) is 146 cm³/mol. The van der Waals surface area contributed by atoms with Gasteiger partial charge < -0.3 is 9.45 Å². The normalized spacial score (nSPS) is 20.7. The first-order valence-corrected chi connectivity index (χ1v) is 14.2. The van der Waals surface area contributed by atoms with Gasteiger partial charge in [0, 0.05) is 34.9 Å². The van der Waals surface area contributed by atoms with Crippen LogP contribution in [0.4, 0.5) is 5.95 Å². The smallest absolute Gasteiger partial charge is 0.214 e. The van der Waals surface area contributed by atoms with Crippen LogP contribution in [-0.2, 0) is 17.8 Å². The Bertz CT molecular complexity index is 1420. The van der Waals surface area contributed by atoms with Crippen LogP contribution < -0.4 is 9.62 Å². The molecule has 0 bridgehead atoms. The third kappa shape index (κ3) is 3.90.